The van der Waals surface area contributed by atoms with Crippen LogP contribution in [0.4, 0.5) is 0 Å². The van der Waals surface area contributed by atoms with E-state index in [4.69, 9.17) is 15.3 Å². The minimum Gasteiger partial charge on any atom is -0.497 e. The zero-order valence-electron chi connectivity index (χ0n) is 14.2. The summed E-state index contributed by atoms with van der Waals surface area (Å²) in [6, 6.07) is 15.6. The lowest BCUT2D eigenvalue weighted by Crippen LogP contribution is -2.11. The number of nitrogen functional groups attached to an aromatic ring is 1. The number of rotatable bonds is 7. The van der Waals surface area contributed by atoms with E-state index in [1.807, 2.05) is 55.5 Å². The van der Waals surface area contributed by atoms with Crippen LogP contribution >= 0.6 is 11.8 Å². The Morgan fingerprint density at radius 2 is 1.88 bits per heavy atom. The Morgan fingerprint density at radius 1 is 1.08 bits per heavy atom. The largest absolute Gasteiger partial charge is 0.497 e. The molecule has 0 atom stereocenters. The molecule has 0 aliphatic carbocycles. The predicted octanol–water partition coefficient (Wildman–Crippen LogP) is 3.36. The summed E-state index contributed by atoms with van der Waals surface area (Å²) in [5, 5.41) is 9.07. The Kier molecular flexibility index (Phi) is 5.45. The van der Waals surface area contributed by atoms with Crippen LogP contribution in [0.1, 0.15) is 12.5 Å². The molecule has 3 rings (SSSR count). The molecule has 130 valence electrons. The Balaban J connectivity index is 1.72. The fraction of sp³-hybridized carbons (Fsp3) is 0.222. The molecule has 6 nitrogen and oxygen atoms in total. The summed E-state index contributed by atoms with van der Waals surface area (Å²) in [5.74, 6) is 9.18. The number of aromatic nitrogens is 3. The van der Waals surface area contributed by atoms with Gasteiger partial charge in [0, 0.05) is 11.3 Å². The monoisotopic (exact) mass is 356 g/mol. The summed E-state index contributed by atoms with van der Waals surface area (Å²) in [4.78, 5) is 0. The number of methoxy groups -OCH3 is 1. The Hall–Kier alpha value is -2.67. The van der Waals surface area contributed by atoms with E-state index in [1.165, 1.54) is 16.4 Å². The molecule has 0 saturated heterocycles. The predicted molar refractivity (Wildman–Crippen MR) is 99.3 cm³/mol. The second-order valence-corrected chi connectivity index (χ2v) is 6.22. The topological polar surface area (TPSA) is 75.2 Å². The maximum absolute atomic E-state index is 6.17. The third-order valence-electron chi connectivity index (χ3n) is 3.59. The van der Waals surface area contributed by atoms with Crippen LogP contribution in [0.2, 0.25) is 0 Å². The van der Waals surface area contributed by atoms with Crippen molar-refractivity contribution in [1.82, 2.24) is 14.9 Å². The van der Waals surface area contributed by atoms with E-state index >= 15 is 0 Å². The fourth-order valence-electron chi connectivity index (χ4n) is 2.35. The number of hydrogen-bond donors (Lipinski definition) is 1. The molecule has 0 bridgehead atoms. The van der Waals surface area contributed by atoms with Crippen LogP contribution in [-0.4, -0.2) is 28.6 Å². The number of benzene rings is 2. The summed E-state index contributed by atoms with van der Waals surface area (Å²) < 4.78 is 12.2. The van der Waals surface area contributed by atoms with Crippen LogP contribution < -0.4 is 15.3 Å². The average molecular weight is 356 g/mol. The molecule has 0 amide bonds. The number of ether oxygens (including phenoxy) is 2. The number of nitrogens with zero attached hydrogens (tertiary/aromatic N) is 3. The van der Waals surface area contributed by atoms with E-state index in [2.05, 4.69) is 10.2 Å². The maximum Gasteiger partial charge on any atom is 0.210 e. The Labute approximate surface area is 150 Å². The number of hydrogen-bond acceptors (Lipinski definition) is 6. The highest BCUT2D eigenvalue weighted by atomic mass is 32.2. The van der Waals surface area contributed by atoms with Gasteiger partial charge in [0.1, 0.15) is 11.5 Å². The molecule has 1 heterocycles. The molecule has 0 radical (unpaired) electrons. The summed E-state index contributed by atoms with van der Waals surface area (Å²) in [7, 11) is 1.66. The normalized spacial score (nSPS) is 10.6. The smallest absolute Gasteiger partial charge is 0.210 e. The fourth-order valence-corrected chi connectivity index (χ4v) is 3.15. The first-order valence-electron chi connectivity index (χ1n) is 7.90. The molecule has 3 aromatic rings. The SMILES string of the molecule is CCOc1ccc(-c2nnc(SCc3cccc(OC)c3)n2N)cc1. The van der Waals surface area contributed by atoms with E-state index < -0.39 is 0 Å². The molecular formula is C18H20N4O2S. The van der Waals surface area contributed by atoms with Gasteiger partial charge in [0.15, 0.2) is 5.82 Å². The van der Waals surface area contributed by atoms with E-state index in [1.54, 1.807) is 7.11 Å². The van der Waals surface area contributed by atoms with E-state index in [9.17, 15) is 0 Å². The van der Waals surface area contributed by atoms with E-state index in [-0.39, 0.29) is 0 Å². The second-order valence-electron chi connectivity index (χ2n) is 5.27. The summed E-state index contributed by atoms with van der Waals surface area (Å²) in [6.45, 7) is 2.59. The molecule has 0 aliphatic rings. The van der Waals surface area contributed by atoms with Crippen molar-refractivity contribution < 1.29 is 9.47 Å². The minimum absolute atomic E-state index is 0.621. The highest BCUT2D eigenvalue weighted by Crippen LogP contribution is 2.26. The molecule has 25 heavy (non-hydrogen) atoms. The number of thioether (sulfide) groups is 1. The molecule has 0 fully saturated rings. The number of nitrogens with two attached hydrogens (primary N) is 1. The van der Waals surface area contributed by atoms with Gasteiger partial charge in [-0.2, -0.15) is 0 Å². The third kappa shape index (κ3) is 4.06. The summed E-state index contributed by atoms with van der Waals surface area (Å²) >= 11 is 1.53. The Bertz CT molecular complexity index is 833. The first-order chi connectivity index (χ1) is 12.2. The van der Waals surface area contributed by atoms with Gasteiger partial charge in [-0.15, -0.1) is 10.2 Å². The van der Waals surface area contributed by atoms with Gasteiger partial charge in [-0.1, -0.05) is 23.9 Å². The molecule has 2 N–H and O–H groups in total. The minimum atomic E-state index is 0.621. The van der Waals surface area contributed by atoms with Crippen molar-refractivity contribution >= 4 is 11.8 Å². The lowest BCUT2D eigenvalue weighted by molar-refractivity contribution is 0.340. The molecule has 0 spiro atoms. The van der Waals surface area contributed by atoms with Crippen LogP contribution in [0.15, 0.2) is 53.7 Å². The summed E-state index contributed by atoms with van der Waals surface area (Å²) in [6.07, 6.45) is 0. The van der Waals surface area contributed by atoms with Gasteiger partial charge in [-0.25, -0.2) is 4.68 Å². The molecule has 2 aromatic carbocycles. The van der Waals surface area contributed by atoms with Gasteiger partial charge < -0.3 is 15.3 Å². The van der Waals surface area contributed by atoms with Crippen molar-refractivity contribution in [1.29, 1.82) is 0 Å². The lowest BCUT2D eigenvalue weighted by atomic mass is 10.2. The Morgan fingerprint density at radius 3 is 2.60 bits per heavy atom. The molecule has 0 saturated carbocycles. The third-order valence-corrected chi connectivity index (χ3v) is 4.60. The van der Waals surface area contributed by atoms with Crippen molar-refractivity contribution in [2.24, 2.45) is 0 Å². The van der Waals surface area contributed by atoms with Crippen LogP contribution in [0, 0.1) is 0 Å². The van der Waals surface area contributed by atoms with E-state index in [0.29, 0.717) is 17.6 Å². The highest BCUT2D eigenvalue weighted by molar-refractivity contribution is 7.98. The van der Waals surface area contributed by atoms with Crippen LogP contribution in [0.5, 0.6) is 11.5 Å². The zero-order valence-corrected chi connectivity index (χ0v) is 15.0. The second kappa shape index (κ2) is 7.94. The van der Waals surface area contributed by atoms with Gasteiger partial charge in [0.2, 0.25) is 5.16 Å². The van der Waals surface area contributed by atoms with Crippen molar-refractivity contribution in [2.45, 2.75) is 17.8 Å². The van der Waals surface area contributed by atoms with Gasteiger partial charge >= 0.3 is 0 Å². The van der Waals surface area contributed by atoms with Crippen molar-refractivity contribution in [2.75, 3.05) is 19.6 Å². The maximum atomic E-state index is 6.17. The molecule has 0 unspecified atom stereocenters. The lowest BCUT2D eigenvalue weighted by Gasteiger charge is -2.06. The summed E-state index contributed by atoms with van der Waals surface area (Å²) in [5.41, 5.74) is 2.03. The van der Waals surface area contributed by atoms with Crippen molar-refractivity contribution in [3.63, 3.8) is 0 Å². The van der Waals surface area contributed by atoms with Crippen molar-refractivity contribution in [3.8, 4) is 22.9 Å². The standard InChI is InChI=1S/C18H20N4O2S/c1-3-24-15-9-7-14(8-10-15)17-20-21-18(22(17)19)25-12-13-5-4-6-16(11-13)23-2/h4-11H,3,12,19H2,1-2H3. The molecule has 0 aliphatic heterocycles. The first kappa shape index (κ1) is 17.2. The van der Waals surface area contributed by atoms with Gasteiger partial charge in [-0.3, -0.25) is 0 Å². The molecular weight excluding hydrogens is 336 g/mol. The van der Waals surface area contributed by atoms with Crippen LogP contribution in [-0.2, 0) is 5.75 Å². The first-order valence-corrected chi connectivity index (χ1v) is 8.89. The van der Waals surface area contributed by atoms with Crippen LogP contribution in [0.3, 0.4) is 0 Å². The zero-order chi connectivity index (χ0) is 17.6. The van der Waals surface area contributed by atoms with E-state index in [0.717, 1.165) is 28.4 Å². The van der Waals surface area contributed by atoms with Gasteiger partial charge in [-0.05, 0) is 48.9 Å². The highest BCUT2D eigenvalue weighted by Gasteiger charge is 2.12. The average Bonchev–Trinajstić information content (AvgIpc) is 3.02. The van der Waals surface area contributed by atoms with Crippen molar-refractivity contribution in [3.05, 3.63) is 54.1 Å². The van der Waals surface area contributed by atoms with Crippen LogP contribution in [0.25, 0.3) is 11.4 Å². The molecule has 7 heteroatoms. The quantitative estimate of drug-likeness (QED) is 0.517. The molecule has 1 aromatic heterocycles. The van der Waals surface area contributed by atoms with Gasteiger partial charge in [0.05, 0.1) is 13.7 Å². The van der Waals surface area contributed by atoms with Gasteiger partial charge in [0.25, 0.3) is 0 Å².